The monoisotopic (exact) mass is 268 g/mol. The van der Waals surface area contributed by atoms with Crippen LogP contribution in [-0.2, 0) is 9.47 Å². The van der Waals surface area contributed by atoms with Gasteiger partial charge in [0.2, 0.25) is 0 Å². The minimum Gasteiger partial charge on any atom is -0.456 e. The number of carbonyl (C=O) groups is 1. The molecule has 2 aromatic rings. The first-order chi connectivity index (χ1) is 9.75. The van der Waals surface area contributed by atoms with Crippen LogP contribution in [0.25, 0.3) is 0 Å². The second-order valence-electron chi connectivity index (χ2n) is 4.91. The molecule has 0 aromatic heterocycles. The van der Waals surface area contributed by atoms with Gasteiger partial charge in [-0.2, -0.15) is 0 Å². The van der Waals surface area contributed by atoms with Gasteiger partial charge in [-0.15, -0.1) is 0 Å². The highest BCUT2D eigenvalue weighted by Crippen LogP contribution is 2.41. The number of hydrogen-bond donors (Lipinski definition) is 0. The van der Waals surface area contributed by atoms with E-state index in [0.717, 1.165) is 5.56 Å². The summed E-state index contributed by atoms with van der Waals surface area (Å²) in [6.07, 6.45) is -0.271. The van der Waals surface area contributed by atoms with Gasteiger partial charge in [0, 0.05) is 0 Å². The summed E-state index contributed by atoms with van der Waals surface area (Å²) < 4.78 is 11.1. The zero-order valence-corrected chi connectivity index (χ0v) is 11.2. The van der Waals surface area contributed by atoms with E-state index in [1.807, 2.05) is 55.5 Å². The van der Waals surface area contributed by atoms with E-state index in [9.17, 15) is 4.79 Å². The summed E-state index contributed by atoms with van der Waals surface area (Å²) in [6.45, 7) is 1.87. The third-order valence-electron chi connectivity index (χ3n) is 3.42. The van der Waals surface area contributed by atoms with E-state index in [1.54, 1.807) is 12.1 Å². The van der Waals surface area contributed by atoms with Crippen molar-refractivity contribution in [3.8, 4) is 0 Å². The lowest BCUT2D eigenvalue weighted by molar-refractivity contribution is 0.0278. The summed E-state index contributed by atoms with van der Waals surface area (Å²) >= 11 is 0. The predicted molar refractivity (Wildman–Crippen MR) is 75.4 cm³/mol. The molecule has 102 valence electrons. The van der Waals surface area contributed by atoms with Crippen LogP contribution in [0.4, 0.5) is 0 Å². The average Bonchev–Trinajstić information content (AvgIpc) is 3.29. The number of benzene rings is 2. The van der Waals surface area contributed by atoms with Gasteiger partial charge in [0.15, 0.2) is 0 Å². The molecule has 1 saturated heterocycles. The number of rotatable bonds is 4. The molecule has 3 heteroatoms. The van der Waals surface area contributed by atoms with Crippen LogP contribution in [0, 0.1) is 0 Å². The van der Waals surface area contributed by atoms with Crippen LogP contribution in [-0.4, -0.2) is 18.2 Å². The van der Waals surface area contributed by atoms with Gasteiger partial charge in [-0.1, -0.05) is 48.5 Å². The first-order valence-electron chi connectivity index (χ1n) is 6.72. The summed E-state index contributed by atoms with van der Waals surface area (Å²) in [6, 6.07) is 19.0. The quantitative estimate of drug-likeness (QED) is 0.630. The van der Waals surface area contributed by atoms with Crippen LogP contribution in [0.2, 0.25) is 0 Å². The lowest BCUT2D eigenvalue weighted by Crippen LogP contribution is -2.20. The Morgan fingerprint density at radius 1 is 1.05 bits per heavy atom. The molecule has 0 radical (unpaired) electrons. The first kappa shape index (κ1) is 12.9. The SMILES string of the molecule is C[C@@H](OC(=O)c1ccccc1)[C@H]1O[C@@H]1c1ccccc1. The van der Waals surface area contributed by atoms with Crippen molar-refractivity contribution >= 4 is 5.97 Å². The van der Waals surface area contributed by atoms with E-state index in [1.165, 1.54) is 0 Å². The molecule has 3 atom stereocenters. The van der Waals surface area contributed by atoms with Crippen LogP contribution >= 0.6 is 0 Å². The summed E-state index contributed by atoms with van der Waals surface area (Å²) in [7, 11) is 0. The molecular formula is C17H16O3. The van der Waals surface area contributed by atoms with Crippen LogP contribution in [0.15, 0.2) is 60.7 Å². The van der Waals surface area contributed by atoms with Gasteiger partial charge in [0.25, 0.3) is 0 Å². The maximum Gasteiger partial charge on any atom is 0.338 e. The van der Waals surface area contributed by atoms with E-state index in [-0.39, 0.29) is 24.3 Å². The fourth-order valence-electron chi connectivity index (χ4n) is 2.27. The fraction of sp³-hybridized carbons (Fsp3) is 0.235. The van der Waals surface area contributed by atoms with Crippen molar-refractivity contribution in [3.05, 3.63) is 71.8 Å². The van der Waals surface area contributed by atoms with Crippen molar-refractivity contribution in [1.82, 2.24) is 0 Å². The topological polar surface area (TPSA) is 38.8 Å². The van der Waals surface area contributed by atoms with Crippen molar-refractivity contribution in [3.63, 3.8) is 0 Å². The van der Waals surface area contributed by atoms with Crippen molar-refractivity contribution in [2.45, 2.75) is 25.2 Å². The van der Waals surface area contributed by atoms with Crippen LogP contribution < -0.4 is 0 Å². The molecule has 3 nitrogen and oxygen atoms in total. The lowest BCUT2D eigenvalue weighted by atomic mass is 10.1. The zero-order chi connectivity index (χ0) is 13.9. The Balaban J connectivity index is 1.59. The van der Waals surface area contributed by atoms with Crippen molar-refractivity contribution in [2.75, 3.05) is 0 Å². The van der Waals surface area contributed by atoms with E-state index >= 15 is 0 Å². The molecular weight excluding hydrogens is 252 g/mol. The highest BCUT2D eigenvalue weighted by Gasteiger charge is 2.45. The molecule has 0 aliphatic carbocycles. The highest BCUT2D eigenvalue weighted by molar-refractivity contribution is 5.89. The largest absolute Gasteiger partial charge is 0.456 e. The molecule has 0 saturated carbocycles. The third-order valence-corrected chi connectivity index (χ3v) is 3.42. The normalized spacial score (nSPS) is 22.1. The molecule has 1 heterocycles. The predicted octanol–water partition coefficient (Wildman–Crippen LogP) is 3.37. The van der Waals surface area contributed by atoms with E-state index in [0.29, 0.717) is 5.56 Å². The van der Waals surface area contributed by atoms with E-state index in [2.05, 4.69) is 0 Å². The molecule has 0 amide bonds. The Hall–Kier alpha value is -2.13. The van der Waals surface area contributed by atoms with Gasteiger partial charge in [-0.3, -0.25) is 0 Å². The standard InChI is InChI=1S/C17H16O3/c1-12(19-17(18)14-10-6-3-7-11-14)15-16(20-15)13-8-4-2-5-9-13/h2-12,15-16H,1H3/t12-,15-,16-/m1/s1. The number of hydrogen-bond acceptors (Lipinski definition) is 3. The molecule has 1 aliphatic rings. The smallest absolute Gasteiger partial charge is 0.338 e. The zero-order valence-electron chi connectivity index (χ0n) is 11.2. The molecule has 1 fully saturated rings. The minimum atomic E-state index is -0.305. The van der Waals surface area contributed by atoms with Gasteiger partial charge in [-0.05, 0) is 24.6 Å². The summed E-state index contributed by atoms with van der Waals surface area (Å²) in [4.78, 5) is 12.0. The second kappa shape index (κ2) is 5.47. The molecule has 0 unspecified atom stereocenters. The number of ether oxygens (including phenoxy) is 2. The molecule has 20 heavy (non-hydrogen) atoms. The van der Waals surface area contributed by atoms with Crippen LogP contribution in [0.1, 0.15) is 28.9 Å². The third kappa shape index (κ3) is 2.73. The Kier molecular flexibility index (Phi) is 3.52. The first-order valence-corrected chi connectivity index (χ1v) is 6.72. The highest BCUT2D eigenvalue weighted by atomic mass is 16.6. The Bertz CT molecular complexity index is 580. The van der Waals surface area contributed by atoms with E-state index in [4.69, 9.17) is 9.47 Å². The fourth-order valence-corrected chi connectivity index (χ4v) is 2.27. The van der Waals surface area contributed by atoms with Gasteiger partial charge in [-0.25, -0.2) is 4.79 Å². The molecule has 0 bridgehead atoms. The number of carbonyl (C=O) groups excluding carboxylic acids is 1. The van der Waals surface area contributed by atoms with E-state index < -0.39 is 0 Å². The summed E-state index contributed by atoms with van der Waals surface area (Å²) in [5.74, 6) is -0.305. The molecule has 3 rings (SSSR count). The second-order valence-corrected chi connectivity index (χ2v) is 4.91. The summed E-state index contributed by atoms with van der Waals surface area (Å²) in [5, 5.41) is 0. The van der Waals surface area contributed by atoms with Gasteiger partial charge >= 0.3 is 5.97 Å². The Labute approximate surface area is 118 Å². The molecule has 0 spiro atoms. The van der Waals surface area contributed by atoms with Crippen LogP contribution in [0.3, 0.4) is 0 Å². The van der Waals surface area contributed by atoms with Gasteiger partial charge < -0.3 is 9.47 Å². The molecule has 1 aliphatic heterocycles. The van der Waals surface area contributed by atoms with Crippen molar-refractivity contribution in [2.24, 2.45) is 0 Å². The summed E-state index contributed by atoms with van der Waals surface area (Å²) in [5.41, 5.74) is 1.69. The van der Waals surface area contributed by atoms with Crippen molar-refractivity contribution in [1.29, 1.82) is 0 Å². The molecule has 2 aromatic carbocycles. The minimum absolute atomic E-state index is 0.0368. The lowest BCUT2D eigenvalue weighted by Gasteiger charge is -2.10. The van der Waals surface area contributed by atoms with Gasteiger partial charge in [0.1, 0.15) is 18.3 Å². The maximum atomic E-state index is 12.0. The Morgan fingerprint density at radius 2 is 1.65 bits per heavy atom. The number of epoxide rings is 1. The molecule has 0 N–H and O–H groups in total. The van der Waals surface area contributed by atoms with Crippen LogP contribution in [0.5, 0.6) is 0 Å². The van der Waals surface area contributed by atoms with Crippen molar-refractivity contribution < 1.29 is 14.3 Å². The number of esters is 1. The Morgan fingerprint density at radius 3 is 2.30 bits per heavy atom. The van der Waals surface area contributed by atoms with Gasteiger partial charge in [0.05, 0.1) is 5.56 Å². The average molecular weight is 268 g/mol. The maximum absolute atomic E-state index is 12.0.